The predicted molar refractivity (Wildman–Crippen MR) is 71.8 cm³/mol. The smallest absolute Gasteiger partial charge is 0.333 e. The van der Waals surface area contributed by atoms with Crippen molar-refractivity contribution in [2.45, 2.75) is 39.8 Å². The quantitative estimate of drug-likeness (QED) is 0.662. The van der Waals surface area contributed by atoms with Gasteiger partial charge < -0.3 is 10.0 Å². The number of carbonyl (C=O) groups is 1. The molecule has 0 saturated carbocycles. The van der Waals surface area contributed by atoms with Gasteiger partial charge in [0.15, 0.2) is 0 Å². The van der Waals surface area contributed by atoms with E-state index in [1.165, 1.54) is 0 Å². The third-order valence-corrected chi connectivity index (χ3v) is 3.90. The fourth-order valence-electron chi connectivity index (χ4n) is 2.85. The van der Waals surface area contributed by atoms with Crippen LogP contribution in [0.2, 0.25) is 0 Å². The average molecular weight is 282 g/mol. The fraction of sp³-hybridized carbons (Fsp3) is 0.667. The Morgan fingerprint density at radius 2 is 2.25 bits per heavy atom. The average Bonchev–Trinajstić information content (AvgIpc) is 2.88. The first-order valence-electron chi connectivity index (χ1n) is 6.59. The number of aryl methyl sites for hydroxylation is 2. The van der Waals surface area contributed by atoms with Crippen LogP contribution in [0.1, 0.15) is 26.0 Å². The molecule has 1 aromatic rings. The SMILES string of the molecule is CCn1nc(C)c([N+](=O)[O-])c1N1CCC(C(=O)O)C1C. The monoisotopic (exact) mass is 282 g/mol. The lowest BCUT2D eigenvalue weighted by atomic mass is 10.0. The second-order valence-electron chi connectivity index (χ2n) is 5.00. The van der Waals surface area contributed by atoms with Crippen molar-refractivity contribution >= 4 is 17.5 Å². The van der Waals surface area contributed by atoms with Gasteiger partial charge in [0.25, 0.3) is 0 Å². The summed E-state index contributed by atoms with van der Waals surface area (Å²) in [7, 11) is 0. The standard InChI is InChI=1S/C12H18N4O4/c1-4-15-11(10(16(19)20)7(2)13-15)14-6-5-9(8(14)3)12(17)18/h8-9H,4-6H2,1-3H3,(H,17,18). The van der Waals surface area contributed by atoms with Gasteiger partial charge in [0.1, 0.15) is 5.69 Å². The molecule has 1 aromatic heterocycles. The molecule has 0 amide bonds. The molecule has 2 rings (SSSR count). The number of nitro groups is 1. The van der Waals surface area contributed by atoms with Crippen LogP contribution in [-0.2, 0) is 11.3 Å². The number of anilines is 1. The molecule has 1 aliphatic heterocycles. The van der Waals surface area contributed by atoms with Crippen LogP contribution >= 0.6 is 0 Å². The van der Waals surface area contributed by atoms with Gasteiger partial charge in [0.2, 0.25) is 5.82 Å². The maximum absolute atomic E-state index is 11.3. The van der Waals surface area contributed by atoms with E-state index >= 15 is 0 Å². The van der Waals surface area contributed by atoms with E-state index in [0.29, 0.717) is 31.0 Å². The maximum Gasteiger partial charge on any atom is 0.333 e. The number of aliphatic carboxylic acids is 1. The van der Waals surface area contributed by atoms with E-state index in [0.717, 1.165) is 0 Å². The van der Waals surface area contributed by atoms with E-state index in [-0.39, 0.29) is 11.7 Å². The molecular formula is C12H18N4O4. The zero-order chi connectivity index (χ0) is 15.0. The highest BCUT2D eigenvalue weighted by atomic mass is 16.6. The number of aromatic nitrogens is 2. The second kappa shape index (κ2) is 5.10. The van der Waals surface area contributed by atoms with Crippen LogP contribution < -0.4 is 4.90 Å². The fourth-order valence-corrected chi connectivity index (χ4v) is 2.85. The maximum atomic E-state index is 11.3. The van der Waals surface area contributed by atoms with Gasteiger partial charge >= 0.3 is 11.7 Å². The van der Waals surface area contributed by atoms with Gasteiger partial charge in [-0.2, -0.15) is 5.10 Å². The van der Waals surface area contributed by atoms with Crippen LogP contribution in [0.4, 0.5) is 11.5 Å². The minimum absolute atomic E-state index is 0.0234. The highest BCUT2D eigenvalue weighted by Gasteiger charge is 2.41. The lowest BCUT2D eigenvalue weighted by molar-refractivity contribution is -0.384. The highest BCUT2D eigenvalue weighted by Crippen LogP contribution is 2.37. The number of hydrogen-bond donors (Lipinski definition) is 1. The van der Waals surface area contributed by atoms with Gasteiger partial charge in [-0.1, -0.05) is 0 Å². The summed E-state index contributed by atoms with van der Waals surface area (Å²) >= 11 is 0. The summed E-state index contributed by atoms with van der Waals surface area (Å²) in [4.78, 5) is 23.8. The van der Waals surface area contributed by atoms with Crippen molar-refractivity contribution < 1.29 is 14.8 Å². The summed E-state index contributed by atoms with van der Waals surface area (Å²) in [6.07, 6.45) is 0.488. The highest BCUT2D eigenvalue weighted by molar-refractivity contribution is 5.74. The Hall–Kier alpha value is -2.12. The molecule has 0 spiro atoms. The van der Waals surface area contributed by atoms with E-state index in [1.807, 2.05) is 6.92 Å². The molecule has 110 valence electrons. The van der Waals surface area contributed by atoms with E-state index in [1.54, 1.807) is 23.4 Å². The van der Waals surface area contributed by atoms with Gasteiger partial charge in [0, 0.05) is 19.1 Å². The molecule has 8 heteroatoms. The summed E-state index contributed by atoms with van der Waals surface area (Å²) in [5, 5.41) is 24.6. The zero-order valence-corrected chi connectivity index (χ0v) is 11.7. The lowest BCUT2D eigenvalue weighted by Gasteiger charge is -2.24. The predicted octanol–water partition coefficient (Wildman–Crippen LogP) is 1.42. The second-order valence-corrected chi connectivity index (χ2v) is 5.00. The molecule has 2 unspecified atom stereocenters. The summed E-state index contributed by atoms with van der Waals surface area (Å²) in [5.74, 6) is -0.941. The first-order chi connectivity index (χ1) is 9.38. The van der Waals surface area contributed by atoms with E-state index < -0.39 is 16.8 Å². The number of rotatable bonds is 4. The van der Waals surface area contributed by atoms with Crippen molar-refractivity contribution in [2.75, 3.05) is 11.4 Å². The van der Waals surface area contributed by atoms with Crippen molar-refractivity contribution in [3.05, 3.63) is 15.8 Å². The first-order valence-corrected chi connectivity index (χ1v) is 6.59. The molecule has 0 radical (unpaired) electrons. The van der Waals surface area contributed by atoms with Crippen molar-refractivity contribution in [3.8, 4) is 0 Å². The van der Waals surface area contributed by atoms with Crippen LogP contribution in [0.25, 0.3) is 0 Å². The topological polar surface area (TPSA) is 101 Å². The van der Waals surface area contributed by atoms with Crippen LogP contribution in [0.3, 0.4) is 0 Å². The molecule has 2 heterocycles. The third kappa shape index (κ3) is 2.10. The Morgan fingerprint density at radius 3 is 2.70 bits per heavy atom. The van der Waals surface area contributed by atoms with Crippen LogP contribution in [0.15, 0.2) is 0 Å². The Kier molecular flexibility index (Phi) is 3.65. The van der Waals surface area contributed by atoms with E-state index in [9.17, 15) is 20.0 Å². The van der Waals surface area contributed by atoms with Gasteiger partial charge in [-0.15, -0.1) is 0 Å². The molecule has 2 atom stereocenters. The molecule has 1 N–H and O–H groups in total. The molecule has 8 nitrogen and oxygen atoms in total. The third-order valence-electron chi connectivity index (χ3n) is 3.90. The number of carboxylic acids is 1. The van der Waals surface area contributed by atoms with Crippen molar-refractivity contribution in [1.82, 2.24) is 9.78 Å². The Balaban J connectivity index is 2.47. The molecule has 1 fully saturated rings. The summed E-state index contributed by atoms with van der Waals surface area (Å²) < 4.78 is 1.58. The van der Waals surface area contributed by atoms with Crippen molar-refractivity contribution in [1.29, 1.82) is 0 Å². The first kappa shape index (κ1) is 14.3. The van der Waals surface area contributed by atoms with Crippen LogP contribution in [-0.4, -0.2) is 38.4 Å². The number of nitrogens with zero attached hydrogens (tertiary/aromatic N) is 4. The van der Waals surface area contributed by atoms with Gasteiger partial charge in [-0.3, -0.25) is 14.9 Å². The molecular weight excluding hydrogens is 264 g/mol. The Labute approximate surface area is 116 Å². The van der Waals surface area contributed by atoms with Crippen LogP contribution in [0, 0.1) is 23.0 Å². The van der Waals surface area contributed by atoms with Crippen molar-refractivity contribution in [2.24, 2.45) is 5.92 Å². The number of carboxylic acid groups (broad SMARTS) is 1. The molecule has 0 aromatic carbocycles. The lowest BCUT2D eigenvalue weighted by Crippen LogP contribution is -2.34. The van der Waals surface area contributed by atoms with Gasteiger partial charge in [0.05, 0.1) is 10.8 Å². The van der Waals surface area contributed by atoms with Gasteiger partial charge in [-0.25, -0.2) is 4.68 Å². The summed E-state index contributed by atoms with van der Waals surface area (Å²) in [6, 6.07) is -0.285. The van der Waals surface area contributed by atoms with E-state index in [2.05, 4.69) is 5.10 Å². The molecule has 0 aliphatic carbocycles. The largest absolute Gasteiger partial charge is 0.481 e. The Morgan fingerprint density at radius 1 is 1.60 bits per heavy atom. The minimum atomic E-state index is -0.859. The molecule has 1 aliphatic rings. The molecule has 0 bridgehead atoms. The number of hydrogen-bond acceptors (Lipinski definition) is 5. The van der Waals surface area contributed by atoms with Crippen LogP contribution in [0.5, 0.6) is 0 Å². The Bertz CT molecular complexity index is 554. The van der Waals surface area contributed by atoms with E-state index in [4.69, 9.17) is 0 Å². The molecule has 1 saturated heterocycles. The zero-order valence-electron chi connectivity index (χ0n) is 11.7. The minimum Gasteiger partial charge on any atom is -0.481 e. The normalized spacial score (nSPS) is 22.2. The molecule has 20 heavy (non-hydrogen) atoms. The summed E-state index contributed by atoms with van der Waals surface area (Å²) in [5.41, 5.74) is 0.336. The summed E-state index contributed by atoms with van der Waals surface area (Å²) in [6.45, 7) is 6.24. The van der Waals surface area contributed by atoms with Crippen molar-refractivity contribution in [3.63, 3.8) is 0 Å². The van der Waals surface area contributed by atoms with Gasteiger partial charge in [-0.05, 0) is 27.2 Å².